The van der Waals surface area contributed by atoms with E-state index in [0.29, 0.717) is 16.9 Å². The van der Waals surface area contributed by atoms with Gasteiger partial charge in [0.25, 0.3) is 11.2 Å². The van der Waals surface area contributed by atoms with Crippen LogP contribution in [-0.2, 0) is 6.18 Å². The molecular weight excluding hydrogens is 447 g/mol. The number of hydrogen-bond donors (Lipinski definition) is 0. The molecule has 0 aliphatic heterocycles. The first-order valence-electron chi connectivity index (χ1n) is 8.69. The zero-order valence-electron chi connectivity index (χ0n) is 14.7. The van der Waals surface area contributed by atoms with Crippen LogP contribution in [0.15, 0.2) is 59.7 Å². The number of halogens is 4. The van der Waals surface area contributed by atoms with Gasteiger partial charge in [-0.1, -0.05) is 46.3 Å². The zero-order valence-corrected chi connectivity index (χ0v) is 16.3. The smallest absolute Gasteiger partial charge is 0.416 e. The molecule has 5 rings (SSSR count). The highest BCUT2D eigenvalue weighted by Gasteiger charge is 2.36. The Morgan fingerprint density at radius 1 is 1.07 bits per heavy atom. The average molecular weight is 458 g/mol. The Bertz CT molecular complexity index is 1340. The summed E-state index contributed by atoms with van der Waals surface area (Å²) in [5.41, 5.74) is 2.40. The number of aromatic nitrogens is 2. The van der Waals surface area contributed by atoms with Crippen molar-refractivity contribution in [1.29, 1.82) is 0 Å². The van der Waals surface area contributed by atoms with Crippen molar-refractivity contribution in [2.45, 2.75) is 6.18 Å². The third-order valence-electron chi connectivity index (χ3n) is 4.94. The van der Waals surface area contributed by atoms with E-state index in [1.165, 1.54) is 10.7 Å². The SMILES string of the molecule is [O-]/C(CBr)=N\[n+]1c2c(nc3cc(C(F)(F)F)ccc31)-c1cccc3cccc-2c13. The maximum absolute atomic E-state index is 13.2. The molecule has 29 heavy (non-hydrogen) atoms. The summed E-state index contributed by atoms with van der Waals surface area (Å²) in [7, 11) is 0. The van der Waals surface area contributed by atoms with Crippen LogP contribution in [0.4, 0.5) is 13.2 Å². The second kappa shape index (κ2) is 6.25. The van der Waals surface area contributed by atoms with Crippen LogP contribution in [0.2, 0.25) is 0 Å². The fourth-order valence-corrected chi connectivity index (χ4v) is 3.88. The fraction of sp³-hybridized carbons (Fsp3) is 0.0952. The minimum Gasteiger partial charge on any atom is -0.857 e. The second-order valence-electron chi connectivity index (χ2n) is 6.66. The molecule has 0 fully saturated rings. The summed E-state index contributed by atoms with van der Waals surface area (Å²) < 4.78 is 41.1. The molecule has 4 nitrogen and oxygen atoms in total. The lowest BCUT2D eigenvalue weighted by molar-refractivity contribution is -0.644. The van der Waals surface area contributed by atoms with Crippen molar-refractivity contribution < 1.29 is 23.0 Å². The Kier molecular flexibility index (Phi) is 3.89. The zero-order chi connectivity index (χ0) is 20.3. The molecule has 0 radical (unpaired) electrons. The van der Waals surface area contributed by atoms with Crippen molar-refractivity contribution in [2.24, 2.45) is 5.10 Å². The molecule has 3 aromatic carbocycles. The summed E-state index contributed by atoms with van der Waals surface area (Å²) in [6.07, 6.45) is -4.49. The van der Waals surface area contributed by atoms with Crippen LogP contribution in [0.3, 0.4) is 0 Å². The van der Waals surface area contributed by atoms with Crippen molar-refractivity contribution in [2.75, 3.05) is 5.33 Å². The van der Waals surface area contributed by atoms with E-state index < -0.39 is 17.6 Å². The van der Waals surface area contributed by atoms with E-state index in [1.807, 2.05) is 36.4 Å². The Balaban J connectivity index is 1.94. The lowest BCUT2D eigenvalue weighted by atomic mass is 10.0. The number of fused-ring (bicyclic) bond motifs is 4. The number of nitrogens with zero attached hydrogens (tertiary/aromatic N) is 3. The lowest BCUT2D eigenvalue weighted by Gasteiger charge is -2.09. The minimum absolute atomic E-state index is 0.00360. The molecular formula is C21H11BrF3N3O. The van der Waals surface area contributed by atoms with Crippen LogP contribution in [-0.4, -0.2) is 16.2 Å². The number of hydrogen-bond acceptors (Lipinski definition) is 3. The molecule has 0 atom stereocenters. The second-order valence-corrected chi connectivity index (χ2v) is 7.22. The fourth-order valence-electron chi connectivity index (χ4n) is 3.77. The van der Waals surface area contributed by atoms with Crippen LogP contribution in [0.5, 0.6) is 0 Å². The van der Waals surface area contributed by atoms with Crippen molar-refractivity contribution in [1.82, 2.24) is 4.98 Å². The highest BCUT2D eigenvalue weighted by molar-refractivity contribution is 9.09. The predicted molar refractivity (Wildman–Crippen MR) is 106 cm³/mol. The molecule has 0 saturated heterocycles. The van der Waals surface area contributed by atoms with Crippen molar-refractivity contribution in [3.05, 3.63) is 60.2 Å². The predicted octanol–water partition coefficient (Wildman–Crippen LogP) is 4.26. The van der Waals surface area contributed by atoms with Crippen LogP contribution < -0.4 is 9.78 Å². The molecule has 4 aromatic rings. The third kappa shape index (κ3) is 2.70. The minimum atomic E-state index is -4.49. The first kappa shape index (κ1) is 18.1. The Morgan fingerprint density at radius 2 is 1.79 bits per heavy atom. The largest absolute Gasteiger partial charge is 0.857 e. The highest BCUT2D eigenvalue weighted by Crippen LogP contribution is 2.45. The van der Waals surface area contributed by atoms with E-state index >= 15 is 0 Å². The first-order chi connectivity index (χ1) is 13.9. The van der Waals surface area contributed by atoms with Gasteiger partial charge in [-0.25, -0.2) is 4.98 Å². The molecule has 0 bridgehead atoms. The van der Waals surface area contributed by atoms with E-state index in [-0.39, 0.29) is 10.8 Å². The summed E-state index contributed by atoms with van der Waals surface area (Å²) in [6.45, 7) is 0. The molecule has 1 aromatic heterocycles. The molecule has 1 aliphatic rings. The van der Waals surface area contributed by atoms with Gasteiger partial charge in [0.2, 0.25) is 0 Å². The monoisotopic (exact) mass is 457 g/mol. The summed E-state index contributed by atoms with van der Waals surface area (Å²) in [5, 5.41) is 18.2. The summed E-state index contributed by atoms with van der Waals surface area (Å²) in [4.78, 5) is 4.56. The Morgan fingerprint density at radius 3 is 2.48 bits per heavy atom. The van der Waals surface area contributed by atoms with Crippen LogP contribution in [0.1, 0.15) is 5.56 Å². The first-order valence-corrected chi connectivity index (χ1v) is 9.81. The van der Waals surface area contributed by atoms with Crippen LogP contribution in [0.25, 0.3) is 44.3 Å². The normalized spacial score (nSPS) is 13.3. The van der Waals surface area contributed by atoms with E-state index in [4.69, 9.17) is 0 Å². The van der Waals surface area contributed by atoms with Crippen molar-refractivity contribution in [3.8, 4) is 22.5 Å². The summed E-state index contributed by atoms with van der Waals surface area (Å²) in [5.74, 6) is -0.451. The van der Waals surface area contributed by atoms with Gasteiger partial charge in [0.1, 0.15) is 11.2 Å². The number of alkyl halides is 4. The average Bonchev–Trinajstić information content (AvgIpc) is 3.02. The Labute approximate surface area is 171 Å². The molecule has 1 heterocycles. The summed E-state index contributed by atoms with van der Waals surface area (Å²) in [6, 6.07) is 14.7. The Hall–Kier alpha value is -3.00. The molecule has 144 valence electrons. The molecule has 8 heteroatoms. The standard InChI is InChI=1S/C21H11BrF3N3O/c22-10-17(29)27-28-16-8-7-12(21(23,24)25)9-15(16)26-19-13-5-1-3-11-4-2-6-14(18(11)13)20(19)28/h1-9H,10H2. The topological polar surface area (TPSA) is 52.2 Å². The van der Waals surface area contributed by atoms with Gasteiger partial charge in [-0.3, -0.25) is 0 Å². The molecule has 0 saturated carbocycles. The molecule has 0 unspecified atom stereocenters. The van der Waals surface area contributed by atoms with Gasteiger partial charge < -0.3 is 5.11 Å². The number of rotatable bonds is 2. The van der Waals surface area contributed by atoms with Crippen molar-refractivity contribution in [3.63, 3.8) is 0 Å². The molecule has 0 N–H and O–H groups in total. The van der Waals surface area contributed by atoms with Gasteiger partial charge in [0, 0.05) is 28.2 Å². The third-order valence-corrected chi connectivity index (χ3v) is 5.42. The maximum Gasteiger partial charge on any atom is 0.416 e. The van der Waals surface area contributed by atoms with E-state index in [0.717, 1.165) is 34.0 Å². The van der Waals surface area contributed by atoms with Crippen LogP contribution >= 0.6 is 15.9 Å². The van der Waals surface area contributed by atoms with Gasteiger partial charge in [0.05, 0.1) is 11.1 Å². The van der Waals surface area contributed by atoms with Gasteiger partial charge in [-0.15, -0.1) is 0 Å². The van der Waals surface area contributed by atoms with Crippen LogP contribution in [0, 0.1) is 0 Å². The van der Waals surface area contributed by atoms with Gasteiger partial charge in [-0.05, 0) is 33.4 Å². The van der Waals surface area contributed by atoms with Gasteiger partial charge in [-0.2, -0.15) is 13.2 Å². The molecule has 0 amide bonds. The van der Waals surface area contributed by atoms with E-state index in [2.05, 4.69) is 26.0 Å². The number of benzene rings is 3. The van der Waals surface area contributed by atoms with E-state index in [9.17, 15) is 18.3 Å². The molecule has 0 spiro atoms. The highest BCUT2D eigenvalue weighted by atomic mass is 79.9. The van der Waals surface area contributed by atoms with E-state index in [1.54, 1.807) is 0 Å². The maximum atomic E-state index is 13.2. The molecule has 1 aliphatic carbocycles. The lowest BCUT2D eigenvalue weighted by Crippen LogP contribution is -2.37. The van der Waals surface area contributed by atoms with Crippen molar-refractivity contribution >= 4 is 43.6 Å². The van der Waals surface area contributed by atoms with Gasteiger partial charge in [0.15, 0.2) is 0 Å². The quantitative estimate of drug-likeness (QED) is 0.172. The summed E-state index contributed by atoms with van der Waals surface area (Å²) >= 11 is 3.09. The van der Waals surface area contributed by atoms with Gasteiger partial charge >= 0.3 is 6.18 Å².